The quantitative estimate of drug-likeness (QED) is 0.760. The molecule has 0 aromatic heterocycles. The minimum atomic E-state index is -0.270. The molecule has 2 rings (SSSR count). The molecule has 18 heavy (non-hydrogen) atoms. The van der Waals surface area contributed by atoms with Crippen molar-refractivity contribution < 1.29 is 4.79 Å². The lowest BCUT2D eigenvalue weighted by atomic mass is 9.75. The highest BCUT2D eigenvalue weighted by atomic mass is 16.1. The van der Waals surface area contributed by atoms with E-state index in [1.807, 2.05) is 38.4 Å². The summed E-state index contributed by atoms with van der Waals surface area (Å²) in [5, 5.41) is 0. The van der Waals surface area contributed by atoms with Gasteiger partial charge in [0.1, 0.15) is 0 Å². The summed E-state index contributed by atoms with van der Waals surface area (Å²) in [6, 6.07) is 7.99. The van der Waals surface area contributed by atoms with E-state index in [4.69, 9.17) is 0 Å². The monoisotopic (exact) mass is 245 g/mol. The molecule has 1 saturated carbocycles. The molecule has 0 radical (unpaired) electrons. The Morgan fingerprint density at radius 2 is 1.61 bits per heavy atom. The standard InChI is InChI=1S/C16H23NO/c1-13-7-9-14(10-8-13)15(18)16(17(2)3)11-5-4-6-12-16/h7-10H,4-6,11-12H2,1-3H3. The van der Waals surface area contributed by atoms with Crippen LogP contribution in [0, 0.1) is 6.92 Å². The van der Waals surface area contributed by atoms with Crippen LogP contribution in [0.25, 0.3) is 0 Å². The number of hydrogen-bond donors (Lipinski definition) is 0. The zero-order valence-electron chi connectivity index (χ0n) is 11.7. The van der Waals surface area contributed by atoms with Crippen molar-refractivity contribution in [2.24, 2.45) is 0 Å². The molecule has 0 atom stereocenters. The molecule has 1 aromatic carbocycles. The van der Waals surface area contributed by atoms with E-state index in [0.29, 0.717) is 5.78 Å². The van der Waals surface area contributed by atoms with Crippen molar-refractivity contribution in [3.63, 3.8) is 0 Å². The van der Waals surface area contributed by atoms with Crippen LogP contribution < -0.4 is 0 Å². The van der Waals surface area contributed by atoms with Crippen molar-refractivity contribution in [1.82, 2.24) is 4.90 Å². The third-order valence-electron chi connectivity index (χ3n) is 4.27. The molecule has 1 fully saturated rings. The van der Waals surface area contributed by atoms with Crippen LogP contribution in [-0.4, -0.2) is 30.3 Å². The summed E-state index contributed by atoms with van der Waals surface area (Å²) in [5.74, 6) is 0.298. The number of benzene rings is 1. The molecule has 1 aromatic rings. The first kappa shape index (κ1) is 13.3. The number of rotatable bonds is 3. The molecular weight excluding hydrogens is 222 g/mol. The first-order chi connectivity index (χ1) is 8.56. The van der Waals surface area contributed by atoms with E-state index >= 15 is 0 Å². The van der Waals surface area contributed by atoms with Crippen LogP contribution in [0.15, 0.2) is 24.3 Å². The van der Waals surface area contributed by atoms with E-state index in [1.54, 1.807) is 0 Å². The Morgan fingerprint density at radius 1 is 1.06 bits per heavy atom. The van der Waals surface area contributed by atoms with Gasteiger partial charge in [-0.3, -0.25) is 9.69 Å². The van der Waals surface area contributed by atoms with Gasteiger partial charge in [0.05, 0.1) is 5.54 Å². The zero-order chi connectivity index (χ0) is 13.2. The molecule has 0 amide bonds. The molecule has 0 spiro atoms. The molecule has 2 heteroatoms. The summed E-state index contributed by atoms with van der Waals surface area (Å²) in [6.07, 6.45) is 5.57. The lowest BCUT2D eigenvalue weighted by Crippen LogP contribution is -2.52. The summed E-state index contributed by atoms with van der Waals surface area (Å²) in [4.78, 5) is 15.0. The van der Waals surface area contributed by atoms with Gasteiger partial charge in [-0.05, 0) is 33.9 Å². The van der Waals surface area contributed by atoms with Crippen molar-refractivity contribution in [1.29, 1.82) is 0 Å². The largest absolute Gasteiger partial charge is 0.297 e. The van der Waals surface area contributed by atoms with Crippen LogP contribution in [0.4, 0.5) is 0 Å². The molecule has 0 heterocycles. The summed E-state index contributed by atoms with van der Waals surface area (Å²) in [5.41, 5.74) is 1.79. The third-order valence-corrected chi connectivity index (χ3v) is 4.27. The van der Waals surface area contributed by atoms with Crippen molar-refractivity contribution in [2.45, 2.75) is 44.6 Å². The van der Waals surface area contributed by atoms with Crippen LogP contribution in [0.2, 0.25) is 0 Å². The maximum atomic E-state index is 12.8. The molecule has 1 aliphatic carbocycles. The highest BCUT2D eigenvalue weighted by Gasteiger charge is 2.41. The van der Waals surface area contributed by atoms with Gasteiger partial charge >= 0.3 is 0 Å². The second-order valence-electron chi connectivity index (χ2n) is 5.68. The fraction of sp³-hybridized carbons (Fsp3) is 0.562. The van der Waals surface area contributed by atoms with Crippen LogP contribution in [0.3, 0.4) is 0 Å². The number of carbonyl (C=O) groups excluding carboxylic acids is 1. The fourth-order valence-corrected chi connectivity index (χ4v) is 2.99. The minimum absolute atomic E-state index is 0.270. The van der Waals surface area contributed by atoms with Gasteiger partial charge in [-0.1, -0.05) is 49.1 Å². The summed E-state index contributed by atoms with van der Waals surface area (Å²) in [6.45, 7) is 2.05. The normalized spacial score (nSPS) is 18.9. The number of Topliss-reactive ketones (excluding diaryl/α,β-unsaturated/α-hetero) is 1. The predicted molar refractivity (Wildman–Crippen MR) is 75.0 cm³/mol. The first-order valence-corrected chi connectivity index (χ1v) is 6.85. The number of aryl methyl sites for hydroxylation is 1. The average molecular weight is 245 g/mol. The van der Waals surface area contributed by atoms with Crippen LogP contribution in [0.1, 0.15) is 48.0 Å². The molecule has 0 bridgehead atoms. The highest BCUT2D eigenvalue weighted by Crippen LogP contribution is 2.35. The smallest absolute Gasteiger partial charge is 0.183 e. The van der Waals surface area contributed by atoms with E-state index in [9.17, 15) is 4.79 Å². The van der Waals surface area contributed by atoms with Gasteiger partial charge in [-0.2, -0.15) is 0 Å². The van der Waals surface area contributed by atoms with Gasteiger partial charge in [0.15, 0.2) is 5.78 Å². The van der Waals surface area contributed by atoms with Gasteiger partial charge in [0, 0.05) is 5.56 Å². The van der Waals surface area contributed by atoms with E-state index in [1.165, 1.54) is 12.0 Å². The van der Waals surface area contributed by atoms with Crippen LogP contribution in [0.5, 0.6) is 0 Å². The fourth-order valence-electron chi connectivity index (χ4n) is 2.99. The molecule has 0 unspecified atom stereocenters. The Hall–Kier alpha value is -1.15. The second-order valence-corrected chi connectivity index (χ2v) is 5.68. The zero-order valence-corrected chi connectivity index (χ0v) is 11.7. The molecule has 1 aliphatic rings. The number of nitrogens with zero attached hydrogens (tertiary/aromatic N) is 1. The first-order valence-electron chi connectivity index (χ1n) is 6.85. The summed E-state index contributed by atoms with van der Waals surface area (Å²) >= 11 is 0. The van der Waals surface area contributed by atoms with Crippen molar-refractivity contribution >= 4 is 5.78 Å². The lowest BCUT2D eigenvalue weighted by Gasteiger charge is -2.41. The average Bonchev–Trinajstić information content (AvgIpc) is 2.39. The van der Waals surface area contributed by atoms with Crippen molar-refractivity contribution in [3.05, 3.63) is 35.4 Å². The SMILES string of the molecule is Cc1ccc(C(=O)C2(N(C)C)CCCCC2)cc1. The van der Waals surface area contributed by atoms with E-state index in [0.717, 1.165) is 31.2 Å². The van der Waals surface area contributed by atoms with E-state index in [2.05, 4.69) is 11.8 Å². The molecular formula is C16H23NO. The Bertz CT molecular complexity index is 413. The number of ketones is 1. The number of hydrogen-bond acceptors (Lipinski definition) is 2. The molecule has 0 saturated heterocycles. The highest BCUT2D eigenvalue weighted by molar-refractivity contribution is 6.03. The van der Waals surface area contributed by atoms with E-state index in [-0.39, 0.29) is 5.54 Å². The van der Waals surface area contributed by atoms with Crippen LogP contribution in [-0.2, 0) is 0 Å². The van der Waals surface area contributed by atoms with Gasteiger partial charge in [0.25, 0.3) is 0 Å². The lowest BCUT2D eigenvalue weighted by molar-refractivity contribution is 0.0564. The Balaban J connectivity index is 2.31. The molecule has 0 aliphatic heterocycles. The maximum Gasteiger partial charge on any atom is 0.183 e. The topological polar surface area (TPSA) is 20.3 Å². The number of carbonyl (C=O) groups is 1. The van der Waals surface area contributed by atoms with Crippen LogP contribution >= 0.6 is 0 Å². The second kappa shape index (κ2) is 5.23. The molecule has 2 nitrogen and oxygen atoms in total. The number of likely N-dealkylation sites (N-methyl/N-ethyl adjacent to an activating group) is 1. The minimum Gasteiger partial charge on any atom is -0.297 e. The van der Waals surface area contributed by atoms with Crippen molar-refractivity contribution in [2.75, 3.05) is 14.1 Å². The third kappa shape index (κ3) is 2.35. The Labute approximate surface area is 110 Å². The Morgan fingerprint density at radius 3 is 2.11 bits per heavy atom. The summed E-state index contributed by atoms with van der Waals surface area (Å²) < 4.78 is 0. The van der Waals surface area contributed by atoms with Gasteiger partial charge in [-0.25, -0.2) is 0 Å². The summed E-state index contributed by atoms with van der Waals surface area (Å²) in [7, 11) is 4.08. The van der Waals surface area contributed by atoms with Gasteiger partial charge < -0.3 is 0 Å². The molecule has 0 N–H and O–H groups in total. The Kier molecular flexibility index (Phi) is 3.86. The van der Waals surface area contributed by atoms with Gasteiger partial charge in [-0.15, -0.1) is 0 Å². The predicted octanol–water partition coefficient (Wildman–Crippen LogP) is 3.44. The maximum absolute atomic E-state index is 12.8. The van der Waals surface area contributed by atoms with Crippen molar-refractivity contribution in [3.8, 4) is 0 Å². The van der Waals surface area contributed by atoms with E-state index < -0.39 is 0 Å². The molecule has 98 valence electrons. The van der Waals surface area contributed by atoms with Gasteiger partial charge in [0.2, 0.25) is 0 Å².